The second-order valence-corrected chi connectivity index (χ2v) is 3.41. The highest BCUT2D eigenvalue weighted by Gasteiger charge is 2.01. The zero-order valence-electron chi connectivity index (χ0n) is 7.97. The Bertz CT molecular complexity index is 435. The first kappa shape index (κ1) is 11.8. The summed E-state index contributed by atoms with van der Waals surface area (Å²) in [5.74, 6) is 5.41. The molecule has 0 radical (unpaired) electrons. The lowest BCUT2D eigenvalue weighted by atomic mass is 10.3. The van der Waals surface area contributed by atoms with Crippen LogP contribution in [0, 0.1) is 11.8 Å². The fourth-order valence-corrected chi connectivity index (χ4v) is 1.14. The van der Waals surface area contributed by atoms with Gasteiger partial charge >= 0.3 is 0 Å². The molecule has 1 rings (SSSR count). The molecule has 1 aromatic heterocycles. The Morgan fingerprint density at radius 1 is 1.60 bits per heavy atom. The van der Waals surface area contributed by atoms with Gasteiger partial charge in [0.25, 0.3) is 0 Å². The number of hydrogen-bond acceptors (Lipinski definition) is 2. The van der Waals surface area contributed by atoms with Gasteiger partial charge in [0, 0.05) is 18.7 Å². The number of pyridine rings is 1. The quantitative estimate of drug-likeness (QED) is 0.604. The molecular weight excluding hydrogens is 235 g/mol. The van der Waals surface area contributed by atoms with Gasteiger partial charge in [0.2, 0.25) is 5.91 Å². The second-order valence-electron chi connectivity index (χ2n) is 2.67. The van der Waals surface area contributed by atoms with Crippen LogP contribution in [0.2, 0.25) is 10.2 Å². The van der Waals surface area contributed by atoms with Gasteiger partial charge in [-0.2, -0.15) is 0 Å². The van der Waals surface area contributed by atoms with Crippen molar-refractivity contribution in [3.63, 3.8) is 0 Å². The van der Waals surface area contributed by atoms with E-state index in [-0.39, 0.29) is 17.6 Å². The predicted molar refractivity (Wildman–Crippen MR) is 59.8 cm³/mol. The molecule has 0 saturated carbocycles. The fourth-order valence-electron chi connectivity index (χ4n) is 0.823. The minimum absolute atomic E-state index is 0.122. The summed E-state index contributed by atoms with van der Waals surface area (Å²) in [4.78, 5) is 14.3. The number of hydrogen-bond donors (Lipinski definition) is 1. The second kappa shape index (κ2) is 5.59. The van der Waals surface area contributed by atoms with Gasteiger partial charge in [-0.25, -0.2) is 4.98 Å². The van der Waals surface area contributed by atoms with Gasteiger partial charge in [0.15, 0.2) is 0 Å². The van der Waals surface area contributed by atoms with E-state index in [0.29, 0.717) is 10.6 Å². The van der Waals surface area contributed by atoms with Crippen molar-refractivity contribution in [3.05, 3.63) is 28.0 Å². The Morgan fingerprint density at radius 2 is 2.33 bits per heavy atom. The van der Waals surface area contributed by atoms with Crippen LogP contribution in [-0.2, 0) is 4.79 Å². The van der Waals surface area contributed by atoms with Gasteiger partial charge in [0.05, 0.1) is 11.6 Å². The third-order valence-electron chi connectivity index (χ3n) is 1.50. The van der Waals surface area contributed by atoms with E-state index in [1.54, 1.807) is 6.07 Å². The van der Waals surface area contributed by atoms with Crippen LogP contribution in [0.3, 0.4) is 0 Å². The SMILES string of the molecule is CC(=O)NCC#Cc1ccnc(Cl)c1Cl. The molecule has 0 atom stereocenters. The highest BCUT2D eigenvalue weighted by atomic mass is 35.5. The lowest BCUT2D eigenvalue weighted by Gasteiger charge is -1.96. The summed E-state index contributed by atoms with van der Waals surface area (Å²) in [5.41, 5.74) is 0.599. The van der Waals surface area contributed by atoms with Crippen molar-refractivity contribution >= 4 is 29.1 Å². The van der Waals surface area contributed by atoms with Crippen molar-refractivity contribution in [2.45, 2.75) is 6.92 Å². The van der Waals surface area contributed by atoms with E-state index in [0.717, 1.165) is 0 Å². The molecule has 15 heavy (non-hydrogen) atoms. The van der Waals surface area contributed by atoms with E-state index in [4.69, 9.17) is 23.2 Å². The molecule has 3 nitrogen and oxygen atoms in total. The van der Waals surface area contributed by atoms with Crippen molar-refractivity contribution < 1.29 is 4.79 Å². The Balaban J connectivity index is 2.72. The number of carbonyl (C=O) groups excluding carboxylic acids is 1. The van der Waals surface area contributed by atoms with Crippen LogP contribution in [0.15, 0.2) is 12.3 Å². The van der Waals surface area contributed by atoms with Crippen molar-refractivity contribution in [2.24, 2.45) is 0 Å². The number of nitrogens with one attached hydrogen (secondary N) is 1. The third kappa shape index (κ3) is 3.78. The summed E-state index contributed by atoms with van der Waals surface area (Å²) < 4.78 is 0. The summed E-state index contributed by atoms with van der Waals surface area (Å²) in [6, 6.07) is 1.66. The van der Waals surface area contributed by atoms with E-state index in [9.17, 15) is 4.79 Å². The topological polar surface area (TPSA) is 42.0 Å². The van der Waals surface area contributed by atoms with E-state index < -0.39 is 0 Å². The maximum atomic E-state index is 10.5. The lowest BCUT2D eigenvalue weighted by molar-refractivity contribution is -0.118. The van der Waals surface area contributed by atoms with E-state index in [2.05, 4.69) is 22.1 Å². The van der Waals surface area contributed by atoms with E-state index in [1.165, 1.54) is 13.1 Å². The van der Waals surface area contributed by atoms with E-state index >= 15 is 0 Å². The van der Waals surface area contributed by atoms with Crippen LogP contribution >= 0.6 is 23.2 Å². The molecule has 0 aliphatic rings. The molecule has 0 spiro atoms. The van der Waals surface area contributed by atoms with Crippen LogP contribution in [0.25, 0.3) is 0 Å². The molecule has 0 unspecified atom stereocenters. The van der Waals surface area contributed by atoms with Gasteiger partial charge in [-0.3, -0.25) is 4.79 Å². The molecule has 1 amide bonds. The number of amides is 1. The van der Waals surface area contributed by atoms with Gasteiger partial charge in [-0.05, 0) is 6.07 Å². The summed E-state index contributed by atoms with van der Waals surface area (Å²) in [5, 5.41) is 3.10. The first-order chi connectivity index (χ1) is 7.11. The van der Waals surface area contributed by atoms with Crippen molar-refractivity contribution in [1.82, 2.24) is 10.3 Å². The van der Waals surface area contributed by atoms with Crippen molar-refractivity contribution in [3.8, 4) is 11.8 Å². The summed E-state index contributed by atoms with van der Waals surface area (Å²) in [6.07, 6.45) is 1.52. The molecule has 1 heterocycles. The minimum atomic E-state index is -0.122. The summed E-state index contributed by atoms with van der Waals surface area (Å²) in [6.45, 7) is 1.71. The van der Waals surface area contributed by atoms with Gasteiger partial charge in [-0.1, -0.05) is 35.0 Å². The predicted octanol–water partition coefficient (Wildman–Crippen LogP) is 1.88. The first-order valence-corrected chi connectivity index (χ1v) is 4.90. The number of halogens is 2. The van der Waals surface area contributed by atoms with Crippen molar-refractivity contribution in [2.75, 3.05) is 6.54 Å². The monoisotopic (exact) mass is 242 g/mol. The van der Waals surface area contributed by atoms with Crippen LogP contribution in [0.1, 0.15) is 12.5 Å². The van der Waals surface area contributed by atoms with Crippen LogP contribution in [-0.4, -0.2) is 17.4 Å². The average Bonchev–Trinajstić information content (AvgIpc) is 2.18. The van der Waals surface area contributed by atoms with E-state index in [1.807, 2.05) is 0 Å². The zero-order chi connectivity index (χ0) is 11.3. The zero-order valence-corrected chi connectivity index (χ0v) is 9.49. The molecule has 5 heteroatoms. The minimum Gasteiger partial charge on any atom is -0.345 e. The molecule has 1 N–H and O–H groups in total. The highest BCUT2D eigenvalue weighted by molar-refractivity contribution is 6.41. The Labute approximate surface area is 97.8 Å². The molecule has 0 fully saturated rings. The molecule has 0 aliphatic heterocycles. The molecule has 0 aromatic carbocycles. The van der Waals surface area contributed by atoms with Gasteiger partial charge in [-0.15, -0.1) is 0 Å². The standard InChI is InChI=1S/C10H8Cl2N2O/c1-7(15)13-5-2-3-8-4-6-14-10(12)9(8)11/h4,6H,5H2,1H3,(H,13,15). The normalized spacial score (nSPS) is 9.00. The summed E-state index contributed by atoms with van der Waals surface area (Å²) in [7, 11) is 0. The number of rotatable bonds is 1. The van der Waals surface area contributed by atoms with Gasteiger partial charge in [0.1, 0.15) is 5.15 Å². The van der Waals surface area contributed by atoms with Crippen LogP contribution < -0.4 is 5.32 Å². The van der Waals surface area contributed by atoms with Crippen LogP contribution in [0.5, 0.6) is 0 Å². The molecule has 1 aromatic rings. The molecule has 0 aliphatic carbocycles. The number of aromatic nitrogens is 1. The molecule has 0 saturated heterocycles. The summed E-state index contributed by atoms with van der Waals surface area (Å²) >= 11 is 11.5. The van der Waals surface area contributed by atoms with Crippen molar-refractivity contribution in [1.29, 1.82) is 0 Å². The average molecular weight is 243 g/mol. The highest BCUT2D eigenvalue weighted by Crippen LogP contribution is 2.21. The van der Waals surface area contributed by atoms with Gasteiger partial charge < -0.3 is 5.32 Å². The fraction of sp³-hybridized carbons (Fsp3) is 0.200. The smallest absolute Gasteiger partial charge is 0.217 e. The lowest BCUT2D eigenvalue weighted by Crippen LogP contribution is -2.19. The number of carbonyl (C=O) groups is 1. The molecular formula is C10H8Cl2N2O. The Morgan fingerprint density at radius 3 is 3.00 bits per heavy atom. The maximum absolute atomic E-state index is 10.5. The number of nitrogens with zero attached hydrogens (tertiary/aromatic N) is 1. The maximum Gasteiger partial charge on any atom is 0.217 e. The third-order valence-corrected chi connectivity index (χ3v) is 2.26. The van der Waals surface area contributed by atoms with Crippen LogP contribution in [0.4, 0.5) is 0 Å². The largest absolute Gasteiger partial charge is 0.345 e. The Hall–Kier alpha value is -1.24. The first-order valence-electron chi connectivity index (χ1n) is 4.14. The molecule has 78 valence electrons. The Kier molecular flexibility index (Phi) is 4.41. The molecule has 0 bridgehead atoms.